The van der Waals surface area contributed by atoms with Gasteiger partial charge in [-0.05, 0) is 36.4 Å². The minimum Gasteiger partial charge on any atom is -0.369 e. The van der Waals surface area contributed by atoms with Gasteiger partial charge in [-0.3, -0.25) is 0 Å². The summed E-state index contributed by atoms with van der Waals surface area (Å²) in [5.74, 6) is 0. The Kier molecular flexibility index (Phi) is 9.81. The average molecular weight is 405 g/mol. The van der Waals surface area contributed by atoms with Gasteiger partial charge in [0.25, 0.3) is 10.2 Å². The molecule has 0 radical (unpaired) electrons. The van der Waals surface area contributed by atoms with Crippen molar-refractivity contribution in [3.8, 4) is 0 Å². The summed E-state index contributed by atoms with van der Waals surface area (Å²) in [6.45, 7) is 4.31. The van der Waals surface area contributed by atoms with Gasteiger partial charge in [0.1, 0.15) is 0 Å². The van der Waals surface area contributed by atoms with Crippen molar-refractivity contribution in [2.45, 2.75) is 0 Å². The zero-order valence-electron chi connectivity index (χ0n) is 13.6. The van der Waals surface area contributed by atoms with E-state index in [1.54, 1.807) is 0 Å². The fourth-order valence-corrected chi connectivity index (χ4v) is 2.26. The van der Waals surface area contributed by atoms with E-state index < -0.39 is 10.2 Å². The van der Waals surface area contributed by atoms with Crippen molar-refractivity contribution in [2.75, 3.05) is 31.1 Å². The maximum atomic E-state index is 9.19. The molecule has 0 spiro atoms. The summed E-state index contributed by atoms with van der Waals surface area (Å²) in [6, 6.07) is 17.5. The Morgan fingerprint density at radius 2 is 1.28 bits per heavy atom. The Morgan fingerprint density at radius 3 is 1.68 bits per heavy atom. The van der Waals surface area contributed by atoms with Crippen LogP contribution in [0, 0.1) is 0 Å². The number of nitrogens with one attached hydrogen (secondary N) is 1. The summed E-state index contributed by atoms with van der Waals surface area (Å²) < 4.78 is 18.4. The van der Waals surface area contributed by atoms with Gasteiger partial charge < -0.3 is 10.2 Å². The molecule has 0 atom stereocenters. The molecule has 0 aromatic heterocycles. The summed E-state index contributed by atoms with van der Waals surface area (Å²) in [4.78, 5) is 2.37. The molecule has 25 heavy (non-hydrogen) atoms. The molecule has 2 aromatic carbocycles. The molecule has 0 saturated carbocycles. The predicted molar refractivity (Wildman–Crippen MR) is 105 cm³/mol. The van der Waals surface area contributed by atoms with Gasteiger partial charge in [0.05, 0.1) is 0 Å². The van der Waals surface area contributed by atoms with Gasteiger partial charge in [0, 0.05) is 41.9 Å². The average Bonchev–Trinajstić information content (AvgIpc) is 2.56. The first-order valence-electron chi connectivity index (χ1n) is 7.48. The van der Waals surface area contributed by atoms with Crippen LogP contribution in [0.25, 0.3) is 0 Å². The number of piperazine rings is 1. The number of halogens is 2. The second-order valence-electron chi connectivity index (χ2n) is 5.10. The van der Waals surface area contributed by atoms with E-state index in [0.29, 0.717) is 0 Å². The number of anilines is 1. The van der Waals surface area contributed by atoms with Crippen molar-refractivity contribution in [1.82, 2.24) is 5.32 Å². The van der Waals surface area contributed by atoms with Gasteiger partial charge in [-0.1, -0.05) is 41.4 Å². The lowest BCUT2D eigenvalue weighted by molar-refractivity contribution is 0.589. The highest BCUT2D eigenvalue weighted by molar-refractivity contribution is 7.86. The molecule has 9 heteroatoms. The van der Waals surface area contributed by atoms with Gasteiger partial charge in [-0.2, -0.15) is 8.42 Å². The molecule has 0 aliphatic carbocycles. The molecule has 6 nitrogen and oxygen atoms in total. The molecular formula is C16H22Cl2N4O2S. The van der Waals surface area contributed by atoms with Gasteiger partial charge in [-0.25, -0.2) is 10.3 Å². The standard InChI is InChI=1S/C10H13ClN2.C6H5Cl.H4N2O2S/c11-9-1-3-10(4-2-9)13-7-5-12-6-8-13;7-6-4-2-1-3-5-6;1-5(2,3)4/h1-4,12H,5-8H2;1-5H;(H4,1,2,3,4). The van der Waals surface area contributed by atoms with Crippen molar-refractivity contribution < 1.29 is 8.42 Å². The lowest BCUT2D eigenvalue weighted by Gasteiger charge is -2.29. The van der Waals surface area contributed by atoms with Crippen LogP contribution in [0.15, 0.2) is 54.6 Å². The molecular weight excluding hydrogens is 383 g/mol. The van der Waals surface area contributed by atoms with E-state index in [-0.39, 0.29) is 0 Å². The van der Waals surface area contributed by atoms with E-state index in [2.05, 4.69) is 32.6 Å². The Bertz CT molecular complexity index is 699. The Labute approximate surface area is 158 Å². The van der Waals surface area contributed by atoms with Gasteiger partial charge in [0.2, 0.25) is 0 Å². The minimum absolute atomic E-state index is 0.794. The van der Waals surface area contributed by atoms with Crippen LogP contribution in [-0.2, 0) is 10.2 Å². The van der Waals surface area contributed by atoms with Crippen LogP contribution in [0.4, 0.5) is 5.69 Å². The Morgan fingerprint density at radius 1 is 0.840 bits per heavy atom. The SMILES string of the molecule is Clc1ccc(N2CCNCC2)cc1.Clc1ccccc1.NS(N)(=O)=O. The van der Waals surface area contributed by atoms with E-state index >= 15 is 0 Å². The third-order valence-corrected chi connectivity index (χ3v) is 3.55. The van der Waals surface area contributed by atoms with E-state index in [4.69, 9.17) is 23.2 Å². The van der Waals surface area contributed by atoms with Gasteiger partial charge in [-0.15, -0.1) is 0 Å². The van der Waals surface area contributed by atoms with Crippen molar-refractivity contribution >= 4 is 39.1 Å². The Hall–Kier alpha value is -1.35. The summed E-state index contributed by atoms with van der Waals surface area (Å²) in [6.07, 6.45) is 0. The minimum atomic E-state index is -3.67. The van der Waals surface area contributed by atoms with Crippen LogP contribution in [0.5, 0.6) is 0 Å². The molecule has 1 fully saturated rings. The molecule has 1 aliphatic heterocycles. The second-order valence-corrected chi connectivity index (χ2v) is 7.15. The lowest BCUT2D eigenvalue weighted by atomic mass is 10.2. The molecule has 1 aliphatic rings. The van der Waals surface area contributed by atoms with Crippen LogP contribution in [0.2, 0.25) is 10.0 Å². The molecule has 138 valence electrons. The third-order valence-electron chi connectivity index (χ3n) is 3.04. The van der Waals surface area contributed by atoms with Crippen LogP contribution < -0.4 is 20.5 Å². The number of nitrogens with two attached hydrogens (primary N) is 2. The number of hydrogen-bond acceptors (Lipinski definition) is 4. The van der Waals surface area contributed by atoms with E-state index in [1.807, 2.05) is 42.5 Å². The normalized spacial score (nSPS) is 13.8. The first-order valence-corrected chi connectivity index (χ1v) is 9.84. The zero-order valence-corrected chi connectivity index (χ0v) is 15.9. The third kappa shape index (κ3) is 11.8. The molecule has 1 heterocycles. The lowest BCUT2D eigenvalue weighted by Crippen LogP contribution is -2.43. The zero-order chi connectivity index (χ0) is 18.7. The summed E-state index contributed by atoms with van der Waals surface area (Å²) in [7, 11) is -3.67. The van der Waals surface area contributed by atoms with Crippen molar-refractivity contribution in [2.24, 2.45) is 10.3 Å². The first-order chi connectivity index (χ1) is 11.8. The van der Waals surface area contributed by atoms with Crippen molar-refractivity contribution in [3.05, 3.63) is 64.6 Å². The predicted octanol–water partition coefficient (Wildman–Crippen LogP) is 2.24. The highest BCUT2D eigenvalue weighted by atomic mass is 35.5. The van der Waals surface area contributed by atoms with Crippen molar-refractivity contribution in [3.63, 3.8) is 0 Å². The fourth-order valence-electron chi connectivity index (χ4n) is 1.99. The quantitative estimate of drug-likeness (QED) is 0.677. The topological polar surface area (TPSA) is 101 Å². The number of hydrogen-bond donors (Lipinski definition) is 3. The molecule has 1 saturated heterocycles. The Balaban J connectivity index is 0.000000219. The van der Waals surface area contributed by atoms with Crippen LogP contribution in [-0.4, -0.2) is 34.6 Å². The summed E-state index contributed by atoms with van der Waals surface area (Å²) in [5, 5.41) is 13.1. The molecule has 2 aromatic rings. The maximum absolute atomic E-state index is 9.19. The largest absolute Gasteiger partial charge is 0.369 e. The summed E-state index contributed by atoms with van der Waals surface area (Å²) in [5.41, 5.74) is 1.27. The first kappa shape index (κ1) is 21.7. The van der Waals surface area contributed by atoms with Crippen LogP contribution in [0.1, 0.15) is 0 Å². The second kappa shape index (κ2) is 11.3. The highest BCUT2D eigenvalue weighted by Gasteiger charge is 2.09. The summed E-state index contributed by atoms with van der Waals surface area (Å²) >= 11 is 11.4. The number of rotatable bonds is 1. The van der Waals surface area contributed by atoms with Crippen LogP contribution >= 0.6 is 23.2 Å². The van der Waals surface area contributed by atoms with Crippen molar-refractivity contribution in [1.29, 1.82) is 0 Å². The molecule has 0 bridgehead atoms. The highest BCUT2D eigenvalue weighted by Crippen LogP contribution is 2.17. The monoisotopic (exact) mass is 404 g/mol. The van der Waals surface area contributed by atoms with Gasteiger partial charge >= 0.3 is 0 Å². The number of nitrogens with zero attached hydrogens (tertiary/aromatic N) is 1. The maximum Gasteiger partial charge on any atom is 0.271 e. The smallest absolute Gasteiger partial charge is 0.271 e. The fraction of sp³-hybridized carbons (Fsp3) is 0.250. The van der Waals surface area contributed by atoms with E-state index in [1.165, 1.54) is 5.69 Å². The molecule has 0 amide bonds. The molecule has 3 rings (SSSR count). The molecule has 0 unspecified atom stereocenters. The molecule has 5 N–H and O–H groups in total. The van der Waals surface area contributed by atoms with E-state index in [0.717, 1.165) is 36.2 Å². The van der Waals surface area contributed by atoms with Gasteiger partial charge in [0.15, 0.2) is 0 Å². The number of benzene rings is 2. The van der Waals surface area contributed by atoms with E-state index in [9.17, 15) is 8.42 Å². The van der Waals surface area contributed by atoms with Crippen LogP contribution in [0.3, 0.4) is 0 Å².